The van der Waals surface area contributed by atoms with Gasteiger partial charge in [-0.1, -0.05) is 24.3 Å². The highest BCUT2D eigenvalue weighted by atomic mass is 32.2. The number of hydrogen-bond donors (Lipinski definition) is 0. The Hall–Kier alpha value is -1.99. The minimum absolute atomic E-state index is 0.134. The number of fused-ring (bicyclic) bond motifs is 1. The van der Waals surface area contributed by atoms with Crippen LogP contribution >= 0.6 is 0 Å². The molecule has 0 spiro atoms. The van der Waals surface area contributed by atoms with Crippen LogP contribution in [0.25, 0.3) is 10.8 Å². The standard InChI is InChI=1S/C10H7NO5S/c12-11(13)10-8-4-2-1-3-7(8)5-6-9(10)17(14,15)16/h1-6H,(H,14,15,16)/p-1. The molecule has 7 heteroatoms. The summed E-state index contributed by atoms with van der Waals surface area (Å²) in [5.74, 6) is 0. The molecule has 6 nitrogen and oxygen atoms in total. The fraction of sp³-hybridized carbons (Fsp3) is 0. The molecule has 0 N–H and O–H groups in total. The van der Waals surface area contributed by atoms with Crippen LogP contribution in [-0.4, -0.2) is 17.9 Å². The van der Waals surface area contributed by atoms with E-state index in [4.69, 9.17) is 0 Å². The summed E-state index contributed by atoms with van der Waals surface area (Å²) in [6, 6.07) is 8.54. The van der Waals surface area contributed by atoms with Gasteiger partial charge in [0.2, 0.25) is 0 Å². The van der Waals surface area contributed by atoms with Gasteiger partial charge >= 0.3 is 0 Å². The van der Waals surface area contributed by atoms with Gasteiger partial charge in [-0.25, -0.2) is 8.42 Å². The molecule has 0 aliphatic carbocycles. The van der Waals surface area contributed by atoms with E-state index in [9.17, 15) is 23.1 Å². The lowest BCUT2D eigenvalue weighted by Crippen LogP contribution is -2.04. The lowest BCUT2D eigenvalue weighted by molar-refractivity contribution is -0.386. The molecular formula is C10H6NO5S-. The Bertz CT molecular complexity index is 708. The Morgan fingerprint density at radius 2 is 1.71 bits per heavy atom. The van der Waals surface area contributed by atoms with E-state index in [1.54, 1.807) is 12.1 Å². The predicted molar refractivity (Wildman–Crippen MR) is 58.6 cm³/mol. The Labute approximate surface area is 96.4 Å². The molecule has 2 aromatic carbocycles. The summed E-state index contributed by atoms with van der Waals surface area (Å²) in [4.78, 5) is 9.23. The molecule has 0 atom stereocenters. The molecule has 0 amide bonds. The quantitative estimate of drug-likeness (QED) is 0.459. The molecule has 0 aromatic heterocycles. The second-order valence-electron chi connectivity index (χ2n) is 3.34. The monoisotopic (exact) mass is 252 g/mol. The summed E-state index contributed by atoms with van der Waals surface area (Å²) in [6.07, 6.45) is 0. The zero-order chi connectivity index (χ0) is 12.6. The third kappa shape index (κ3) is 1.97. The fourth-order valence-corrected chi connectivity index (χ4v) is 2.28. The summed E-state index contributed by atoms with van der Waals surface area (Å²) >= 11 is 0. The average molecular weight is 252 g/mol. The van der Waals surface area contributed by atoms with Gasteiger partial charge in [-0.05, 0) is 17.5 Å². The van der Waals surface area contributed by atoms with Crippen LogP contribution in [0.4, 0.5) is 5.69 Å². The Morgan fingerprint density at radius 1 is 1.06 bits per heavy atom. The minimum Gasteiger partial charge on any atom is -0.744 e. The van der Waals surface area contributed by atoms with Gasteiger partial charge in [0.25, 0.3) is 5.69 Å². The van der Waals surface area contributed by atoms with Gasteiger partial charge in [-0.15, -0.1) is 0 Å². The van der Waals surface area contributed by atoms with Crippen LogP contribution in [0.3, 0.4) is 0 Å². The van der Waals surface area contributed by atoms with Crippen LogP contribution in [0.2, 0.25) is 0 Å². The summed E-state index contributed by atoms with van der Waals surface area (Å²) in [5, 5.41) is 11.5. The Morgan fingerprint density at radius 3 is 2.29 bits per heavy atom. The highest BCUT2D eigenvalue weighted by Gasteiger charge is 2.22. The van der Waals surface area contributed by atoms with Crippen LogP contribution in [-0.2, 0) is 10.1 Å². The third-order valence-corrected chi connectivity index (χ3v) is 3.18. The highest BCUT2D eigenvalue weighted by molar-refractivity contribution is 7.86. The molecule has 2 rings (SSSR count). The van der Waals surface area contributed by atoms with Gasteiger partial charge in [0, 0.05) is 0 Å². The molecule has 0 aliphatic heterocycles. The first-order valence-corrected chi connectivity index (χ1v) is 5.94. The Balaban J connectivity index is 2.98. The second kappa shape index (κ2) is 3.79. The first-order valence-electron chi connectivity index (χ1n) is 4.53. The molecular weight excluding hydrogens is 246 g/mol. The van der Waals surface area contributed by atoms with E-state index in [0.29, 0.717) is 5.39 Å². The maximum absolute atomic E-state index is 10.9. The summed E-state index contributed by atoms with van der Waals surface area (Å²) in [5.41, 5.74) is -0.668. The van der Waals surface area contributed by atoms with Crippen LogP contribution in [0.5, 0.6) is 0 Å². The number of nitro groups is 1. The summed E-state index contributed by atoms with van der Waals surface area (Å²) in [6.45, 7) is 0. The van der Waals surface area contributed by atoms with E-state index in [2.05, 4.69) is 0 Å². The lowest BCUT2D eigenvalue weighted by Gasteiger charge is -2.09. The number of nitro benzene ring substituents is 1. The molecule has 0 fully saturated rings. The zero-order valence-electron chi connectivity index (χ0n) is 8.36. The van der Waals surface area contributed by atoms with Gasteiger partial charge in [-0.2, -0.15) is 0 Å². The van der Waals surface area contributed by atoms with Crippen LogP contribution in [0.15, 0.2) is 41.3 Å². The largest absolute Gasteiger partial charge is 0.744 e. The van der Waals surface area contributed by atoms with Gasteiger partial charge in [0.1, 0.15) is 15.0 Å². The number of benzene rings is 2. The van der Waals surface area contributed by atoms with E-state index in [1.165, 1.54) is 18.2 Å². The second-order valence-corrected chi connectivity index (χ2v) is 4.69. The van der Waals surface area contributed by atoms with Crippen molar-refractivity contribution in [2.45, 2.75) is 4.90 Å². The zero-order valence-corrected chi connectivity index (χ0v) is 9.18. The van der Waals surface area contributed by atoms with E-state index >= 15 is 0 Å². The highest BCUT2D eigenvalue weighted by Crippen LogP contribution is 2.32. The third-order valence-electron chi connectivity index (χ3n) is 2.32. The van der Waals surface area contributed by atoms with Crippen molar-refractivity contribution >= 4 is 26.6 Å². The van der Waals surface area contributed by atoms with Crippen LogP contribution in [0.1, 0.15) is 0 Å². The SMILES string of the molecule is O=[N+]([O-])c1c(S(=O)(=O)[O-])ccc2ccccc12. The molecule has 0 unspecified atom stereocenters. The smallest absolute Gasteiger partial charge is 0.294 e. The van der Waals surface area contributed by atoms with Gasteiger partial charge < -0.3 is 4.55 Å². The van der Waals surface area contributed by atoms with E-state index < -0.39 is 25.6 Å². The number of hydrogen-bond acceptors (Lipinski definition) is 5. The van der Waals surface area contributed by atoms with Crippen molar-refractivity contribution in [1.29, 1.82) is 0 Å². The summed E-state index contributed by atoms with van der Waals surface area (Å²) in [7, 11) is -4.86. The summed E-state index contributed by atoms with van der Waals surface area (Å²) < 4.78 is 32.8. The molecule has 0 heterocycles. The molecule has 0 radical (unpaired) electrons. The lowest BCUT2D eigenvalue weighted by atomic mass is 10.1. The van der Waals surface area contributed by atoms with Crippen LogP contribution < -0.4 is 0 Å². The maximum atomic E-state index is 10.9. The van der Waals surface area contributed by atoms with E-state index in [1.807, 2.05) is 0 Å². The molecule has 0 aliphatic rings. The first kappa shape index (κ1) is 11.5. The fourth-order valence-electron chi connectivity index (χ4n) is 1.63. The van der Waals surface area contributed by atoms with Crippen molar-refractivity contribution in [3.05, 3.63) is 46.5 Å². The average Bonchev–Trinajstić information content (AvgIpc) is 2.26. The number of nitrogens with zero attached hydrogens (tertiary/aromatic N) is 1. The van der Waals surface area contributed by atoms with Crippen molar-refractivity contribution in [3.8, 4) is 0 Å². The first-order chi connectivity index (χ1) is 7.91. The molecule has 0 saturated carbocycles. The van der Waals surface area contributed by atoms with Crippen molar-refractivity contribution in [2.24, 2.45) is 0 Å². The van der Waals surface area contributed by atoms with Gasteiger partial charge in [-0.3, -0.25) is 10.1 Å². The molecule has 0 saturated heterocycles. The molecule has 2 aromatic rings. The molecule has 88 valence electrons. The van der Waals surface area contributed by atoms with Crippen LogP contribution in [0, 0.1) is 10.1 Å². The minimum atomic E-state index is -4.86. The van der Waals surface area contributed by atoms with Gasteiger partial charge in [0.05, 0.1) is 10.3 Å². The molecule has 17 heavy (non-hydrogen) atoms. The maximum Gasteiger partial charge on any atom is 0.294 e. The predicted octanol–water partition coefficient (Wildman–Crippen LogP) is 1.65. The van der Waals surface area contributed by atoms with Crippen molar-refractivity contribution in [2.75, 3.05) is 0 Å². The van der Waals surface area contributed by atoms with E-state index in [0.717, 1.165) is 6.07 Å². The van der Waals surface area contributed by atoms with Crippen molar-refractivity contribution < 1.29 is 17.9 Å². The van der Waals surface area contributed by atoms with Crippen molar-refractivity contribution in [1.82, 2.24) is 0 Å². The topological polar surface area (TPSA) is 100 Å². The van der Waals surface area contributed by atoms with E-state index in [-0.39, 0.29) is 5.39 Å². The van der Waals surface area contributed by atoms with Gasteiger partial charge in [0.15, 0.2) is 0 Å². The van der Waals surface area contributed by atoms with Crippen molar-refractivity contribution in [3.63, 3.8) is 0 Å². The normalized spacial score (nSPS) is 11.6. The molecule has 0 bridgehead atoms. The Kier molecular flexibility index (Phi) is 2.56. The number of rotatable bonds is 2.